The first kappa shape index (κ1) is 12.2. The van der Waals surface area contributed by atoms with Crippen LogP contribution in [0.25, 0.3) is 0 Å². The third-order valence-electron chi connectivity index (χ3n) is 1.69. The van der Waals surface area contributed by atoms with Gasteiger partial charge >= 0.3 is 6.09 Å². The molecule has 0 rings (SSSR count). The summed E-state index contributed by atoms with van der Waals surface area (Å²) in [6, 6.07) is 0. The molecule has 13 heavy (non-hydrogen) atoms. The van der Waals surface area contributed by atoms with Gasteiger partial charge in [-0.1, -0.05) is 31.5 Å². The second-order valence-electron chi connectivity index (χ2n) is 3.70. The van der Waals surface area contributed by atoms with E-state index in [1.165, 1.54) is 12.8 Å². The zero-order valence-corrected chi connectivity index (χ0v) is 9.63. The molecule has 0 aliphatic carbocycles. The Balaban J connectivity index is 3.85. The summed E-state index contributed by atoms with van der Waals surface area (Å²) in [5.41, 5.74) is 2.04. The maximum atomic E-state index is 10.4. The number of allylic oxidation sites excluding steroid dienone is 1. The van der Waals surface area contributed by atoms with Crippen LogP contribution in [0, 0.1) is 0 Å². The smallest absolute Gasteiger partial charge is 0.396 e. The van der Waals surface area contributed by atoms with E-state index in [4.69, 9.17) is 5.11 Å². The molecule has 0 aromatic rings. The molecule has 76 valence electrons. The largest absolute Gasteiger partial charge is 0.466 e. The molecule has 0 aromatic carbocycles. The Morgan fingerprint density at radius 2 is 2.15 bits per heavy atom. The van der Waals surface area contributed by atoms with Gasteiger partial charge in [0.05, 0.1) is 0 Å². The minimum Gasteiger partial charge on any atom is -0.466 e. The first-order valence-electron chi connectivity index (χ1n) is 4.67. The number of hydrogen-bond acceptors (Lipinski definition) is 1. The Morgan fingerprint density at radius 1 is 1.54 bits per heavy atom. The van der Waals surface area contributed by atoms with E-state index in [9.17, 15) is 4.79 Å². The number of unbranched alkanes of at least 4 members (excludes halogenated alkanes) is 2. The molecule has 0 aromatic heterocycles. The molecule has 0 aliphatic rings. The van der Waals surface area contributed by atoms with E-state index in [1.54, 1.807) is 0 Å². The molecule has 2 N–H and O–H groups in total. The minimum absolute atomic E-state index is 0.920. The van der Waals surface area contributed by atoms with Crippen molar-refractivity contribution in [1.29, 1.82) is 0 Å². The van der Waals surface area contributed by atoms with Crippen LogP contribution in [0.1, 0.15) is 26.2 Å². The van der Waals surface area contributed by atoms with Crippen molar-refractivity contribution in [2.75, 3.05) is 0 Å². The lowest BCUT2D eigenvalue weighted by molar-refractivity contribution is 0.200. The summed E-state index contributed by atoms with van der Waals surface area (Å²) in [5, 5.41) is 8.54. The highest BCUT2D eigenvalue weighted by Gasteiger charge is 2.18. The summed E-state index contributed by atoms with van der Waals surface area (Å²) >= 11 is 0. The third-order valence-corrected chi connectivity index (χ3v) is 3.62. The summed E-state index contributed by atoms with van der Waals surface area (Å²) in [6.45, 7) is 6.10. The van der Waals surface area contributed by atoms with Crippen molar-refractivity contribution in [3.8, 4) is 0 Å². The van der Waals surface area contributed by atoms with Crippen LogP contribution >= 0.6 is 0 Å². The van der Waals surface area contributed by atoms with Gasteiger partial charge in [0, 0.05) is 0 Å². The van der Waals surface area contributed by atoms with Gasteiger partial charge in [-0.3, -0.25) is 0 Å². The van der Waals surface area contributed by atoms with E-state index in [2.05, 4.69) is 18.0 Å². The van der Waals surface area contributed by atoms with E-state index in [0.29, 0.717) is 0 Å². The molecule has 0 bridgehead atoms. The monoisotopic (exact) mass is 201 g/mol. The van der Waals surface area contributed by atoms with Crippen LogP contribution in [0.15, 0.2) is 11.8 Å². The second-order valence-corrected chi connectivity index (χ2v) is 7.72. The molecule has 3 nitrogen and oxygen atoms in total. The number of carboxylic acid groups (broad SMARTS) is 1. The van der Waals surface area contributed by atoms with Gasteiger partial charge in [-0.05, 0) is 19.5 Å². The lowest BCUT2D eigenvalue weighted by atomic mass is 10.2. The van der Waals surface area contributed by atoms with Gasteiger partial charge in [-0.2, -0.15) is 0 Å². The van der Waals surface area contributed by atoms with Crippen molar-refractivity contribution in [1.82, 2.24) is 4.98 Å². The summed E-state index contributed by atoms with van der Waals surface area (Å²) in [4.78, 5) is 13.0. The first-order chi connectivity index (χ1) is 5.98. The predicted octanol–water partition coefficient (Wildman–Crippen LogP) is 2.74. The minimum atomic E-state index is -1.85. The fraction of sp³-hybridized carbons (Fsp3) is 0.667. The van der Waals surface area contributed by atoms with Crippen LogP contribution in [0.2, 0.25) is 13.1 Å². The highest BCUT2D eigenvalue weighted by atomic mass is 28.3. The zero-order chi connectivity index (χ0) is 10.3. The Bertz CT molecular complexity index is 190. The number of hydrogen-bond donors (Lipinski definition) is 2. The van der Waals surface area contributed by atoms with Crippen molar-refractivity contribution >= 4 is 14.3 Å². The van der Waals surface area contributed by atoms with E-state index < -0.39 is 14.3 Å². The molecule has 4 heteroatoms. The topological polar surface area (TPSA) is 49.3 Å². The van der Waals surface area contributed by atoms with Crippen LogP contribution in [0.3, 0.4) is 0 Å². The maximum Gasteiger partial charge on any atom is 0.396 e. The number of rotatable bonds is 5. The summed E-state index contributed by atoms with van der Waals surface area (Å²) in [7, 11) is -1.85. The summed E-state index contributed by atoms with van der Waals surface area (Å²) in [6.07, 6.45) is 4.57. The van der Waals surface area contributed by atoms with Crippen LogP contribution in [-0.2, 0) is 0 Å². The molecule has 0 saturated carbocycles. The molecule has 0 radical (unpaired) electrons. The Kier molecular flexibility index (Phi) is 5.46. The number of nitrogens with one attached hydrogen (secondary N) is 1. The molecule has 0 atom stereocenters. The number of amides is 1. The zero-order valence-electron chi connectivity index (χ0n) is 8.63. The second kappa shape index (κ2) is 5.80. The van der Waals surface area contributed by atoms with Crippen molar-refractivity contribution in [2.45, 2.75) is 39.3 Å². The molecule has 0 fully saturated rings. The van der Waals surface area contributed by atoms with Gasteiger partial charge in [0.25, 0.3) is 0 Å². The van der Waals surface area contributed by atoms with Crippen LogP contribution < -0.4 is 4.98 Å². The normalized spacial score (nSPS) is 11.9. The predicted molar refractivity (Wildman–Crippen MR) is 57.3 cm³/mol. The standard InChI is InChI=1S/C9H19NO2Si/c1-4-5-6-7-8-13(2,3)10-9(11)12/h7-8,10H,4-6H2,1-3H3,(H,11,12)/b8-7+. The van der Waals surface area contributed by atoms with Gasteiger partial charge in [-0.15, -0.1) is 0 Å². The molecule has 0 heterocycles. The van der Waals surface area contributed by atoms with Gasteiger partial charge < -0.3 is 10.1 Å². The molecule has 1 amide bonds. The quantitative estimate of drug-likeness (QED) is 0.531. The molecule has 0 spiro atoms. The fourth-order valence-electron chi connectivity index (χ4n) is 1.02. The third kappa shape index (κ3) is 7.58. The van der Waals surface area contributed by atoms with Gasteiger partial charge in [0.15, 0.2) is 8.24 Å². The molecular weight excluding hydrogens is 182 g/mol. The molecular formula is C9H19NO2Si. The van der Waals surface area contributed by atoms with Crippen molar-refractivity contribution in [3.63, 3.8) is 0 Å². The van der Waals surface area contributed by atoms with Crippen LogP contribution in [0.4, 0.5) is 4.79 Å². The average molecular weight is 201 g/mol. The van der Waals surface area contributed by atoms with Gasteiger partial charge in [-0.25, -0.2) is 4.79 Å². The average Bonchev–Trinajstić information content (AvgIpc) is 1.95. The van der Waals surface area contributed by atoms with E-state index in [-0.39, 0.29) is 0 Å². The van der Waals surface area contributed by atoms with Crippen LogP contribution in [0.5, 0.6) is 0 Å². The van der Waals surface area contributed by atoms with Crippen molar-refractivity contribution < 1.29 is 9.90 Å². The number of carbonyl (C=O) groups is 1. The Morgan fingerprint density at radius 3 is 2.62 bits per heavy atom. The lowest BCUT2D eigenvalue weighted by Gasteiger charge is -2.16. The van der Waals surface area contributed by atoms with Crippen molar-refractivity contribution in [3.05, 3.63) is 11.8 Å². The fourth-order valence-corrected chi connectivity index (χ4v) is 2.41. The molecule has 0 unspecified atom stereocenters. The lowest BCUT2D eigenvalue weighted by Crippen LogP contribution is -2.46. The molecule has 0 saturated heterocycles. The summed E-state index contributed by atoms with van der Waals surface area (Å²) < 4.78 is 0. The Labute approximate surface area is 80.9 Å². The van der Waals surface area contributed by atoms with Crippen molar-refractivity contribution in [2.24, 2.45) is 0 Å². The Hall–Kier alpha value is -0.773. The highest BCUT2D eigenvalue weighted by molar-refractivity contribution is 6.81. The maximum absolute atomic E-state index is 10.4. The SMILES string of the molecule is CCCC/C=C/[Si](C)(C)NC(=O)O. The van der Waals surface area contributed by atoms with E-state index >= 15 is 0 Å². The van der Waals surface area contributed by atoms with Crippen LogP contribution in [-0.4, -0.2) is 19.4 Å². The van der Waals surface area contributed by atoms with Gasteiger partial charge in [0.1, 0.15) is 0 Å². The van der Waals surface area contributed by atoms with Gasteiger partial charge in [0.2, 0.25) is 0 Å². The molecule has 0 aliphatic heterocycles. The summed E-state index contributed by atoms with van der Waals surface area (Å²) in [5.74, 6) is 0. The van der Waals surface area contributed by atoms with E-state index in [1.807, 2.05) is 18.8 Å². The highest BCUT2D eigenvalue weighted by Crippen LogP contribution is 2.02. The first-order valence-corrected chi connectivity index (χ1v) is 7.74. The van der Waals surface area contributed by atoms with E-state index in [0.717, 1.165) is 6.42 Å².